The van der Waals surface area contributed by atoms with Gasteiger partial charge in [0.25, 0.3) is 11.8 Å². The largest absolute Gasteiger partial charge is 0.454 e. The fraction of sp³-hybridized carbons (Fsp3) is 0.500. The minimum Gasteiger partial charge on any atom is -0.454 e. The van der Waals surface area contributed by atoms with Crippen LogP contribution in [0.4, 0.5) is 0 Å². The topological polar surface area (TPSA) is 82.9 Å². The van der Waals surface area contributed by atoms with Crippen LogP contribution < -0.4 is 9.47 Å². The average molecular weight is 403 g/mol. The van der Waals surface area contributed by atoms with Gasteiger partial charge in [-0.3, -0.25) is 9.59 Å². The molecule has 0 radical (unpaired) electrons. The number of carbonyl (C=O) groups is 2. The normalized spacial score (nSPS) is 41.3. The number of rotatable bonds is 1. The molecule has 1 spiro atoms. The lowest BCUT2D eigenvalue weighted by Gasteiger charge is -2.39. The lowest BCUT2D eigenvalue weighted by Crippen LogP contribution is -2.60. The van der Waals surface area contributed by atoms with E-state index in [1.165, 1.54) is 4.90 Å². The summed E-state index contributed by atoms with van der Waals surface area (Å²) >= 11 is 5.76. The predicted octanol–water partition coefficient (Wildman–Crippen LogP) is 1.20. The van der Waals surface area contributed by atoms with Gasteiger partial charge in [-0.15, -0.1) is 0 Å². The van der Waals surface area contributed by atoms with Gasteiger partial charge in [0.15, 0.2) is 21.2 Å². The molecule has 3 fully saturated rings. The molecular formula is C18H17N3O4S2. The molecule has 140 valence electrons. The summed E-state index contributed by atoms with van der Waals surface area (Å²) in [5.41, 5.74) is -0.178. The summed E-state index contributed by atoms with van der Waals surface area (Å²) in [6.07, 6.45) is 0.243. The summed E-state index contributed by atoms with van der Waals surface area (Å²) in [4.78, 5) is 27.6. The average Bonchev–Trinajstić information content (AvgIpc) is 3.31. The van der Waals surface area contributed by atoms with Crippen molar-refractivity contribution in [1.29, 1.82) is 5.26 Å². The molecule has 9 heteroatoms. The van der Waals surface area contributed by atoms with Crippen molar-refractivity contribution in [3.63, 3.8) is 0 Å². The van der Waals surface area contributed by atoms with Crippen molar-refractivity contribution in [3.05, 3.63) is 23.8 Å². The van der Waals surface area contributed by atoms with E-state index in [0.717, 1.165) is 5.56 Å². The Morgan fingerprint density at radius 2 is 1.96 bits per heavy atom. The second kappa shape index (κ2) is 4.80. The summed E-state index contributed by atoms with van der Waals surface area (Å²) in [5.74, 6) is 0.875. The molecule has 2 bridgehead atoms. The van der Waals surface area contributed by atoms with Crippen molar-refractivity contribution in [2.75, 3.05) is 13.8 Å². The molecule has 27 heavy (non-hydrogen) atoms. The SMILES string of the molecule is CN1C(=O)[C@@]23C[C@](C)(C#N)[C@H](c4ccc5c(c4)OCO5)N2C(=O)[C@@]1(C)[S@@]3=S. The summed E-state index contributed by atoms with van der Waals surface area (Å²) in [6.45, 7) is 3.69. The Balaban J connectivity index is 1.73. The van der Waals surface area contributed by atoms with Crippen molar-refractivity contribution in [2.45, 2.75) is 36.1 Å². The number of ether oxygens (including phenoxy) is 2. The maximum Gasteiger partial charge on any atom is 0.261 e. The van der Waals surface area contributed by atoms with Crippen molar-refractivity contribution in [3.8, 4) is 17.6 Å². The Labute approximate surface area is 163 Å². The van der Waals surface area contributed by atoms with Crippen LogP contribution in [0, 0.1) is 16.7 Å². The summed E-state index contributed by atoms with van der Waals surface area (Å²) < 4.78 is 10.8. The van der Waals surface area contributed by atoms with Crippen LogP contribution in [0.5, 0.6) is 11.5 Å². The second-order valence-electron chi connectivity index (χ2n) is 7.80. The molecule has 4 aliphatic rings. The molecule has 2 amide bonds. The highest BCUT2D eigenvalue weighted by Crippen LogP contribution is 2.65. The van der Waals surface area contributed by atoms with Crippen LogP contribution in [0.15, 0.2) is 18.2 Å². The molecule has 1 aromatic carbocycles. The number of nitriles is 1. The zero-order valence-electron chi connectivity index (χ0n) is 15.0. The van der Waals surface area contributed by atoms with Crippen LogP contribution in [-0.2, 0) is 30.2 Å². The van der Waals surface area contributed by atoms with Gasteiger partial charge in [0.05, 0.1) is 17.5 Å². The van der Waals surface area contributed by atoms with Crippen LogP contribution in [-0.4, -0.2) is 45.2 Å². The first-order chi connectivity index (χ1) is 12.7. The molecule has 0 N–H and O–H groups in total. The minimum atomic E-state index is -1.12. The monoisotopic (exact) mass is 403 g/mol. The van der Waals surface area contributed by atoms with Gasteiger partial charge in [-0.2, -0.15) is 5.26 Å². The van der Waals surface area contributed by atoms with E-state index in [1.54, 1.807) is 37.9 Å². The van der Waals surface area contributed by atoms with E-state index in [1.807, 2.05) is 6.07 Å². The zero-order valence-corrected chi connectivity index (χ0v) is 16.6. The summed E-state index contributed by atoms with van der Waals surface area (Å²) in [7, 11) is 0.689. The molecule has 0 aliphatic carbocycles. The van der Waals surface area contributed by atoms with Crippen LogP contribution in [0.1, 0.15) is 31.9 Å². The third-order valence-corrected chi connectivity index (χ3v) is 10.5. The fourth-order valence-electron chi connectivity index (χ4n) is 4.92. The van der Waals surface area contributed by atoms with E-state index in [-0.39, 0.29) is 25.0 Å². The Hall–Kier alpha value is -2.18. The number of amides is 2. The van der Waals surface area contributed by atoms with Gasteiger partial charge in [-0.25, -0.2) is 0 Å². The molecule has 0 unspecified atom stereocenters. The van der Waals surface area contributed by atoms with Crippen molar-refractivity contribution in [1.82, 2.24) is 9.80 Å². The molecule has 7 nitrogen and oxygen atoms in total. The molecule has 4 aliphatic heterocycles. The van der Waals surface area contributed by atoms with Gasteiger partial charge in [0.1, 0.15) is 0 Å². The fourth-order valence-corrected chi connectivity index (χ4v) is 8.44. The van der Waals surface area contributed by atoms with Crippen LogP contribution in [0.3, 0.4) is 0 Å². The Kier molecular flexibility index (Phi) is 3.02. The standard InChI is InChI=1S/C18H17N3O4S2/c1-16(8-19)7-18-15(23)20(3)17(2,27(18)26)14(22)21(18)13(16)10-4-5-11-12(6-10)25-9-24-11/h4-6,13H,7,9H2,1-3H3/t13-,16+,17+,18-,27-/m0/s1. The highest BCUT2D eigenvalue weighted by Gasteiger charge is 2.80. The van der Waals surface area contributed by atoms with Gasteiger partial charge in [-0.1, -0.05) is 15.5 Å². The number of carbonyl (C=O) groups excluding carboxylic acids is 2. The molecule has 3 saturated heterocycles. The van der Waals surface area contributed by atoms with Crippen molar-refractivity contribution >= 4 is 32.5 Å². The van der Waals surface area contributed by atoms with Gasteiger partial charge in [0.2, 0.25) is 6.79 Å². The number of hydrogen-bond donors (Lipinski definition) is 0. The van der Waals surface area contributed by atoms with Gasteiger partial charge >= 0.3 is 0 Å². The Morgan fingerprint density at radius 1 is 1.26 bits per heavy atom. The second-order valence-corrected chi connectivity index (χ2v) is 10.8. The van der Waals surface area contributed by atoms with Crippen LogP contribution >= 0.6 is 0 Å². The highest BCUT2D eigenvalue weighted by atomic mass is 32.8. The number of nitrogens with zero attached hydrogens (tertiary/aromatic N) is 3. The van der Waals surface area contributed by atoms with Crippen LogP contribution in [0.2, 0.25) is 0 Å². The van der Waals surface area contributed by atoms with Gasteiger partial charge in [-0.05, 0) is 42.7 Å². The molecule has 5 rings (SSSR count). The van der Waals surface area contributed by atoms with Gasteiger partial charge in [0, 0.05) is 13.5 Å². The lowest BCUT2D eigenvalue weighted by molar-refractivity contribution is -0.159. The number of piperazine rings is 1. The van der Waals surface area contributed by atoms with Gasteiger partial charge < -0.3 is 19.3 Å². The van der Waals surface area contributed by atoms with Crippen molar-refractivity contribution in [2.24, 2.45) is 5.41 Å². The van der Waals surface area contributed by atoms with E-state index < -0.39 is 30.7 Å². The molecule has 5 atom stereocenters. The number of fused-ring (bicyclic) bond motifs is 2. The quantitative estimate of drug-likeness (QED) is 0.701. The highest BCUT2D eigenvalue weighted by molar-refractivity contribution is 8.31. The van der Waals surface area contributed by atoms with E-state index in [4.69, 9.17) is 20.7 Å². The van der Waals surface area contributed by atoms with E-state index in [0.29, 0.717) is 11.5 Å². The molecule has 4 heterocycles. The first-order valence-corrected chi connectivity index (χ1v) is 10.7. The molecular weight excluding hydrogens is 386 g/mol. The Morgan fingerprint density at radius 3 is 2.67 bits per heavy atom. The molecule has 0 saturated carbocycles. The number of benzene rings is 1. The predicted molar refractivity (Wildman–Crippen MR) is 99.1 cm³/mol. The Bertz CT molecular complexity index is 1010. The van der Waals surface area contributed by atoms with Crippen LogP contribution in [0.25, 0.3) is 0 Å². The van der Waals surface area contributed by atoms with E-state index in [2.05, 4.69) is 6.07 Å². The smallest absolute Gasteiger partial charge is 0.261 e. The third kappa shape index (κ3) is 1.61. The minimum absolute atomic E-state index is 0.141. The number of hydrogen-bond acceptors (Lipinski definition) is 6. The maximum atomic E-state index is 13.5. The zero-order chi connectivity index (χ0) is 19.4. The first kappa shape index (κ1) is 17.0. The summed E-state index contributed by atoms with van der Waals surface area (Å²) in [6, 6.07) is 7.23. The lowest BCUT2D eigenvalue weighted by atomic mass is 9.79. The maximum absolute atomic E-state index is 13.5. The summed E-state index contributed by atoms with van der Waals surface area (Å²) in [5, 5.41) is 10.0. The van der Waals surface area contributed by atoms with Crippen molar-refractivity contribution < 1.29 is 19.1 Å². The molecule has 1 aromatic rings. The number of likely N-dealkylation sites (N-methyl/N-ethyl adjacent to an activating group) is 1. The van der Waals surface area contributed by atoms with E-state index in [9.17, 15) is 14.9 Å². The third-order valence-electron chi connectivity index (χ3n) is 6.39. The molecule has 0 aromatic heterocycles. The first-order valence-electron chi connectivity index (χ1n) is 8.56. The van der Waals surface area contributed by atoms with E-state index >= 15 is 0 Å².